The summed E-state index contributed by atoms with van der Waals surface area (Å²) < 4.78 is 72.7. The Balaban J connectivity index is 1.83. The minimum Gasteiger partial charge on any atom is -0.393 e. The zero-order valence-electron chi connectivity index (χ0n) is 31.6. The molecule has 1 saturated carbocycles. The van der Waals surface area contributed by atoms with Crippen LogP contribution in [0.5, 0.6) is 0 Å². The van der Waals surface area contributed by atoms with E-state index in [1.807, 2.05) is 0 Å². The molecular weight excluding hydrogens is 791 g/mol. The molecule has 0 spiro atoms. The number of phosphoric acid groups is 3. The molecule has 0 aliphatic heterocycles. The molecule has 3 unspecified atom stereocenters. The SMILES string of the molecule is COP(=O)(OC)OP(=O)(OC)OP(=O)(OC)OC[C@H]1C[C@@H](n2cc(C#CCNC(=O)CCCCCNC(=O)CCCCCNC(C)=O)c(=O)[nH]c2=O)CC1O. The molecule has 1 aromatic rings. The Labute approximate surface area is 319 Å². The van der Waals surface area contributed by atoms with Gasteiger partial charge in [-0.1, -0.05) is 24.7 Å². The van der Waals surface area contributed by atoms with Crippen molar-refractivity contribution in [2.75, 3.05) is 54.7 Å². The first kappa shape index (κ1) is 48.2. The van der Waals surface area contributed by atoms with E-state index in [2.05, 4.69) is 46.3 Å². The van der Waals surface area contributed by atoms with E-state index < -0.39 is 59.4 Å². The van der Waals surface area contributed by atoms with E-state index in [0.717, 1.165) is 60.5 Å². The van der Waals surface area contributed by atoms with Gasteiger partial charge < -0.3 is 21.1 Å². The van der Waals surface area contributed by atoms with Gasteiger partial charge in [0.05, 0.1) is 19.3 Å². The summed E-state index contributed by atoms with van der Waals surface area (Å²) in [6.45, 7) is 2.04. The van der Waals surface area contributed by atoms with Gasteiger partial charge in [0.25, 0.3) is 5.56 Å². The van der Waals surface area contributed by atoms with Crippen LogP contribution in [0.3, 0.4) is 0 Å². The Morgan fingerprint density at radius 1 is 0.818 bits per heavy atom. The first-order valence-electron chi connectivity index (χ1n) is 17.4. The number of amides is 3. The predicted octanol–water partition coefficient (Wildman–Crippen LogP) is 2.65. The molecule has 1 aliphatic rings. The summed E-state index contributed by atoms with van der Waals surface area (Å²) >= 11 is 0. The molecule has 312 valence electrons. The lowest BCUT2D eigenvalue weighted by atomic mass is 10.1. The zero-order valence-corrected chi connectivity index (χ0v) is 34.3. The summed E-state index contributed by atoms with van der Waals surface area (Å²) in [6, 6.07) is -0.654. The average Bonchev–Trinajstić information content (AvgIpc) is 3.52. The van der Waals surface area contributed by atoms with Gasteiger partial charge >= 0.3 is 29.2 Å². The zero-order chi connectivity index (χ0) is 41.1. The van der Waals surface area contributed by atoms with Gasteiger partial charge in [0.2, 0.25) is 17.7 Å². The van der Waals surface area contributed by atoms with Crippen molar-refractivity contribution >= 4 is 41.2 Å². The van der Waals surface area contributed by atoms with E-state index in [0.29, 0.717) is 25.9 Å². The van der Waals surface area contributed by atoms with E-state index in [9.17, 15) is 42.8 Å². The molecule has 2 rings (SSSR count). The number of hydrogen-bond donors (Lipinski definition) is 5. The second kappa shape index (κ2) is 23.9. The Morgan fingerprint density at radius 3 is 1.96 bits per heavy atom. The lowest BCUT2D eigenvalue weighted by molar-refractivity contribution is -0.122. The highest BCUT2D eigenvalue weighted by Gasteiger charge is 2.46. The molecule has 21 nitrogen and oxygen atoms in total. The third kappa shape index (κ3) is 17.4. The summed E-state index contributed by atoms with van der Waals surface area (Å²) in [5.74, 6) is 4.23. The number of nitrogens with one attached hydrogen (secondary N) is 4. The normalized spacial score (nSPS) is 19.1. The molecule has 0 bridgehead atoms. The minimum atomic E-state index is -4.90. The molecule has 1 aliphatic carbocycles. The summed E-state index contributed by atoms with van der Waals surface area (Å²) in [5, 5.41) is 18.9. The van der Waals surface area contributed by atoms with Crippen molar-refractivity contribution < 1.29 is 64.4 Å². The van der Waals surface area contributed by atoms with Gasteiger partial charge in [-0.2, -0.15) is 8.62 Å². The summed E-state index contributed by atoms with van der Waals surface area (Å²) in [5.41, 5.74) is -1.57. The number of phosphoric ester groups is 2. The Bertz CT molecular complexity index is 1750. The van der Waals surface area contributed by atoms with Gasteiger partial charge in [0, 0.05) is 79.5 Å². The molecule has 0 saturated heterocycles. The number of aliphatic hydroxyl groups is 1. The average molecular weight is 844 g/mol. The van der Waals surface area contributed by atoms with Crippen LogP contribution >= 0.6 is 23.5 Å². The maximum atomic E-state index is 13.1. The van der Waals surface area contributed by atoms with Gasteiger partial charge in [0.1, 0.15) is 5.56 Å². The van der Waals surface area contributed by atoms with E-state index in [1.54, 1.807) is 0 Å². The lowest BCUT2D eigenvalue weighted by Crippen LogP contribution is -2.33. The van der Waals surface area contributed by atoms with E-state index in [4.69, 9.17) is 17.7 Å². The van der Waals surface area contributed by atoms with Gasteiger partial charge in [-0.05, 0) is 38.5 Å². The monoisotopic (exact) mass is 843 g/mol. The Hall–Kier alpha value is -2.98. The topological polar surface area (TPSA) is 278 Å². The van der Waals surface area contributed by atoms with Crippen molar-refractivity contribution in [1.29, 1.82) is 0 Å². The molecule has 5 atom stereocenters. The number of hydrogen-bond acceptors (Lipinski definition) is 16. The molecule has 0 radical (unpaired) electrons. The smallest absolute Gasteiger partial charge is 0.393 e. The Kier molecular flexibility index (Phi) is 21.0. The number of nitrogens with zero attached hydrogens (tertiary/aromatic N) is 1. The number of carbonyl (C=O) groups is 3. The highest BCUT2D eigenvalue weighted by Crippen LogP contribution is 2.72. The summed E-state index contributed by atoms with van der Waals surface area (Å²) in [6.07, 6.45) is 5.41. The molecule has 1 aromatic heterocycles. The fourth-order valence-corrected chi connectivity index (χ4v) is 9.71. The number of unbranched alkanes of at least 4 members (excludes halogenated alkanes) is 4. The number of aliphatic hydroxyl groups excluding tert-OH is 1. The summed E-state index contributed by atoms with van der Waals surface area (Å²) in [4.78, 5) is 62.3. The third-order valence-electron chi connectivity index (χ3n) is 8.19. The molecule has 55 heavy (non-hydrogen) atoms. The minimum absolute atomic E-state index is 0.0279. The van der Waals surface area contributed by atoms with Crippen molar-refractivity contribution in [3.63, 3.8) is 0 Å². The van der Waals surface area contributed by atoms with Crippen LogP contribution in [0.15, 0.2) is 15.8 Å². The molecule has 3 amide bonds. The number of H-pyrrole nitrogens is 1. The second-order valence-corrected chi connectivity index (χ2v) is 17.9. The first-order valence-corrected chi connectivity index (χ1v) is 21.8. The van der Waals surface area contributed by atoms with Crippen molar-refractivity contribution in [1.82, 2.24) is 25.5 Å². The number of rotatable bonds is 25. The third-order valence-corrected chi connectivity index (χ3v) is 13.6. The van der Waals surface area contributed by atoms with Gasteiger partial charge in [-0.25, -0.2) is 18.5 Å². The van der Waals surface area contributed by atoms with Gasteiger partial charge in [-0.3, -0.25) is 51.3 Å². The maximum Gasteiger partial charge on any atom is 0.492 e. The Morgan fingerprint density at radius 2 is 1.38 bits per heavy atom. The highest BCUT2D eigenvalue weighted by atomic mass is 31.3. The fraction of sp³-hybridized carbons (Fsp3) is 0.710. The predicted molar refractivity (Wildman–Crippen MR) is 197 cm³/mol. The van der Waals surface area contributed by atoms with Gasteiger partial charge in [0.15, 0.2) is 0 Å². The van der Waals surface area contributed by atoms with Crippen LogP contribution in [0, 0.1) is 17.8 Å². The molecule has 1 fully saturated rings. The molecule has 1 heterocycles. The molecule has 5 N–H and O–H groups in total. The van der Waals surface area contributed by atoms with Crippen LogP contribution in [0.25, 0.3) is 0 Å². The van der Waals surface area contributed by atoms with E-state index >= 15 is 0 Å². The quantitative estimate of drug-likeness (QED) is 0.0537. The fourth-order valence-electron chi connectivity index (χ4n) is 5.22. The van der Waals surface area contributed by atoms with Crippen LogP contribution < -0.4 is 27.2 Å². The van der Waals surface area contributed by atoms with Crippen molar-refractivity contribution in [2.24, 2.45) is 5.92 Å². The number of aromatic nitrogens is 2. The summed E-state index contributed by atoms with van der Waals surface area (Å²) in [7, 11) is -10.5. The van der Waals surface area contributed by atoms with Crippen LogP contribution in [-0.2, 0) is 59.3 Å². The lowest BCUT2D eigenvalue weighted by Gasteiger charge is -2.24. The van der Waals surface area contributed by atoms with Crippen molar-refractivity contribution in [3.8, 4) is 11.8 Å². The van der Waals surface area contributed by atoms with Crippen LogP contribution in [0.4, 0.5) is 0 Å². The van der Waals surface area contributed by atoms with Crippen molar-refractivity contribution in [3.05, 3.63) is 32.6 Å². The molecular formula is C31H52N5O16P3. The van der Waals surface area contributed by atoms with Gasteiger partial charge in [-0.15, -0.1) is 0 Å². The highest BCUT2D eigenvalue weighted by molar-refractivity contribution is 7.67. The van der Waals surface area contributed by atoms with E-state index in [-0.39, 0.29) is 49.1 Å². The largest absolute Gasteiger partial charge is 0.492 e. The molecule has 24 heteroatoms. The standard InChI is InChI=1S/C31H52N5O16P3/c1-23(37)32-16-10-6-8-14-28(39)33-17-11-7-9-15-29(40)34-18-12-13-24-21-36(31(42)35-30(24)41)26-19-25(27(38)20-26)22-50-54(44,48-4)52-55(45,49-5)51-53(43,46-2)47-3/h21,25-27,38H,6-11,14-20,22H2,1-5H3,(H,32,37)(H,33,39)(H,34,40)(H,35,41,42)/t25-,26-,27?,54?,55?/m1/s1. The van der Waals surface area contributed by atoms with Crippen LogP contribution in [-0.4, -0.2) is 93.2 Å². The van der Waals surface area contributed by atoms with E-state index in [1.165, 1.54) is 17.7 Å². The number of carbonyl (C=O) groups excluding carboxylic acids is 3. The molecule has 0 aromatic carbocycles. The number of aromatic amines is 1. The van der Waals surface area contributed by atoms with Crippen LogP contribution in [0.1, 0.15) is 82.7 Å². The van der Waals surface area contributed by atoms with Crippen LogP contribution in [0.2, 0.25) is 0 Å². The second-order valence-electron chi connectivity index (χ2n) is 12.2. The van der Waals surface area contributed by atoms with Crippen molar-refractivity contribution in [2.45, 2.75) is 83.3 Å². The first-order chi connectivity index (χ1) is 26.0. The maximum absolute atomic E-state index is 13.1.